The van der Waals surface area contributed by atoms with Crippen molar-refractivity contribution in [1.29, 1.82) is 5.26 Å². The van der Waals surface area contributed by atoms with Gasteiger partial charge < -0.3 is 5.32 Å². The van der Waals surface area contributed by atoms with Crippen LogP contribution < -0.4 is 5.32 Å². The molecule has 0 amide bonds. The van der Waals surface area contributed by atoms with Crippen molar-refractivity contribution in [2.24, 2.45) is 5.92 Å². The molecule has 0 aromatic heterocycles. The van der Waals surface area contributed by atoms with Gasteiger partial charge in [0, 0.05) is 13.1 Å². The van der Waals surface area contributed by atoms with Crippen LogP contribution in [0.25, 0.3) is 0 Å². The zero-order chi connectivity index (χ0) is 18.0. The highest BCUT2D eigenvalue weighted by Crippen LogP contribution is 2.34. The Balaban J connectivity index is 0.00000312. The maximum Gasteiger partial charge on any atom is 0.417 e. The quantitative estimate of drug-likeness (QED) is 0.847. The van der Waals surface area contributed by atoms with E-state index in [1.807, 2.05) is 0 Å². The van der Waals surface area contributed by atoms with Crippen LogP contribution >= 0.6 is 12.4 Å². The van der Waals surface area contributed by atoms with Gasteiger partial charge in [0.15, 0.2) is 0 Å². The fourth-order valence-corrected chi connectivity index (χ4v) is 4.45. The second-order valence-electron chi connectivity index (χ2n) is 5.75. The van der Waals surface area contributed by atoms with Crippen molar-refractivity contribution >= 4 is 22.4 Å². The van der Waals surface area contributed by atoms with Gasteiger partial charge in [-0.2, -0.15) is 22.7 Å². The minimum atomic E-state index is -4.78. The van der Waals surface area contributed by atoms with Gasteiger partial charge in [0.25, 0.3) is 0 Å². The van der Waals surface area contributed by atoms with Crippen LogP contribution in [0.15, 0.2) is 23.1 Å². The molecule has 0 bridgehead atoms. The minimum absolute atomic E-state index is 0. The van der Waals surface area contributed by atoms with Crippen molar-refractivity contribution in [3.05, 3.63) is 29.3 Å². The summed E-state index contributed by atoms with van der Waals surface area (Å²) in [5, 5.41) is 11.8. The molecular formula is C15H19ClF3N3O2S. The van der Waals surface area contributed by atoms with Crippen molar-refractivity contribution in [2.45, 2.75) is 23.9 Å². The van der Waals surface area contributed by atoms with Crippen LogP contribution in [0, 0.1) is 17.2 Å². The summed E-state index contributed by atoms with van der Waals surface area (Å²) in [4.78, 5) is -0.432. The largest absolute Gasteiger partial charge is 0.417 e. The number of benzene rings is 1. The zero-order valence-electron chi connectivity index (χ0n) is 13.5. The Kier molecular flexibility index (Phi) is 7.26. The predicted molar refractivity (Wildman–Crippen MR) is 88.8 cm³/mol. The number of rotatable bonds is 4. The molecule has 1 atom stereocenters. The Hall–Kier alpha value is -1.34. The molecule has 10 heteroatoms. The van der Waals surface area contributed by atoms with E-state index in [0.717, 1.165) is 18.6 Å². The standard InChI is InChI=1S/C15H18F3N3O2S.ClH/c1-20-9-11-3-2-6-21(10-11)24(22,23)13-5-4-12(8-19)14(7-13)15(16,17)18;/h4-5,7,11,20H,2-3,6,9-10H2,1H3;1H. The first-order valence-corrected chi connectivity index (χ1v) is 8.90. The molecule has 0 spiro atoms. The number of nitrogens with zero attached hydrogens (tertiary/aromatic N) is 2. The molecule has 0 saturated carbocycles. The van der Waals surface area contributed by atoms with Crippen molar-refractivity contribution < 1.29 is 21.6 Å². The molecule has 5 nitrogen and oxygen atoms in total. The SMILES string of the molecule is CNCC1CCCN(S(=O)(=O)c2ccc(C#N)c(C(F)(F)F)c2)C1.Cl. The Morgan fingerprint density at radius 1 is 1.40 bits per heavy atom. The van der Waals surface area contributed by atoms with Crippen LogP contribution in [0.2, 0.25) is 0 Å². The van der Waals surface area contributed by atoms with E-state index >= 15 is 0 Å². The zero-order valence-corrected chi connectivity index (χ0v) is 15.1. The van der Waals surface area contributed by atoms with E-state index in [4.69, 9.17) is 5.26 Å². The number of hydrogen-bond acceptors (Lipinski definition) is 4. The Labute approximate surface area is 151 Å². The summed E-state index contributed by atoms with van der Waals surface area (Å²) in [5.74, 6) is 0.124. The first-order valence-electron chi connectivity index (χ1n) is 7.46. The van der Waals surface area contributed by atoms with Crippen LogP contribution in [0.4, 0.5) is 13.2 Å². The third-order valence-corrected chi connectivity index (χ3v) is 5.89. The maximum absolute atomic E-state index is 13.0. The number of halogens is 4. The molecule has 25 heavy (non-hydrogen) atoms. The highest BCUT2D eigenvalue weighted by molar-refractivity contribution is 7.89. The highest BCUT2D eigenvalue weighted by atomic mass is 35.5. The fourth-order valence-electron chi connectivity index (χ4n) is 2.87. The van der Waals surface area contributed by atoms with Crippen LogP contribution in [0.3, 0.4) is 0 Å². The normalized spacial score (nSPS) is 19.1. The van der Waals surface area contributed by atoms with Gasteiger partial charge in [0.2, 0.25) is 10.0 Å². The Morgan fingerprint density at radius 3 is 2.64 bits per heavy atom. The monoisotopic (exact) mass is 397 g/mol. The summed E-state index contributed by atoms with van der Waals surface area (Å²) >= 11 is 0. The van der Waals surface area contributed by atoms with E-state index in [1.54, 1.807) is 7.05 Å². The average molecular weight is 398 g/mol. The van der Waals surface area contributed by atoms with E-state index in [2.05, 4.69) is 5.32 Å². The van der Waals surface area contributed by atoms with Crippen LogP contribution in [-0.2, 0) is 16.2 Å². The van der Waals surface area contributed by atoms with E-state index in [9.17, 15) is 21.6 Å². The number of alkyl halides is 3. The predicted octanol–water partition coefficient (Wildman–Crippen LogP) is 2.62. The lowest BCUT2D eigenvalue weighted by Gasteiger charge is -2.32. The van der Waals surface area contributed by atoms with Gasteiger partial charge in [-0.15, -0.1) is 12.4 Å². The topological polar surface area (TPSA) is 73.2 Å². The molecule has 1 unspecified atom stereocenters. The van der Waals surface area contributed by atoms with E-state index < -0.39 is 32.2 Å². The van der Waals surface area contributed by atoms with E-state index in [1.165, 1.54) is 10.4 Å². The second-order valence-corrected chi connectivity index (χ2v) is 7.68. The molecule has 1 fully saturated rings. The van der Waals surface area contributed by atoms with Gasteiger partial charge in [-0.3, -0.25) is 0 Å². The van der Waals surface area contributed by atoms with Gasteiger partial charge in [-0.1, -0.05) is 0 Å². The van der Waals surface area contributed by atoms with Gasteiger partial charge in [-0.25, -0.2) is 8.42 Å². The van der Waals surface area contributed by atoms with Crippen molar-refractivity contribution in [2.75, 3.05) is 26.7 Å². The molecule has 140 valence electrons. The lowest BCUT2D eigenvalue weighted by Crippen LogP contribution is -2.42. The molecule has 0 aliphatic carbocycles. The molecular weight excluding hydrogens is 379 g/mol. The van der Waals surface area contributed by atoms with Crippen LogP contribution in [0.5, 0.6) is 0 Å². The summed E-state index contributed by atoms with van der Waals surface area (Å²) in [7, 11) is -2.26. The van der Waals surface area contributed by atoms with Gasteiger partial charge in [-0.05, 0) is 50.6 Å². The molecule has 1 aliphatic rings. The Bertz CT molecular complexity index is 745. The first-order chi connectivity index (χ1) is 11.2. The lowest BCUT2D eigenvalue weighted by molar-refractivity contribution is -0.137. The molecule has 0 radical (unpaired) electrons. The summed E-state index contributed by atoms with van der Waals surface area (Å²) in [6, 6.07) is 3.97. The van der Waals surface area contributed by atoms with Crippen molar-refractivity contribution in [3.63, 3.8) is 0 Å². The van der Waals surface area contributed by atoms with E-state index in [-0.39, 0.29) is 31.4 Å². The molecule has 1 saturated heterocycles. The molecule has 1 heterocycles. The number of piperidine rings is 1. The molecule has 1 aromatic carbocycles. The van der Waals surface area contributed by atoms with Crippen LogP contribution in [-0.4, -0.2) is 39.4 Å². The summed E-state index contributed by atoms with van der Waals surface area (Å²) < 4.78 is 65.7. The number of nitrogens with one attached hydrogen (secondary N) is 1. The average Bonchev–Trinajstić information content (AvgIpc) is 2.54. The van der Waals surface area contributed by atoms with Gasteiger partial charge >= 0.3 is 6.18 Å². The highest BCUT2D eigenvalue weighted by Gasteiger charge is 2.36. The van der Waals surface area contributed by atoms with Crippen LogP contribution in [0.1, 0.15) is 24.0 Å². The summed E-state index contributed by atoms with van der Waals surface area (Å²) in [6.07, 6.45) is -3.25. The molecule has 2 rings (SSSR count). The number of sulfonamides is 1. The molecule has 1 N–H and O–H groups in total. The lowest BCUT2D eigenvalue weighted by atomic mass is 10.00. The Morgan fingerprint density at radius 2 is 2.08 bits per heavy atom. The third kappa shape index (κ3) is 4.85. The summed E-state index contributed by atoms with van der Waals surface area (Å²) in [5.41, 5.74) is -1.82. The van der Waals surface area contributed by atoms with E-state index in [0.29, 0.717) is 19.0 Å². The number of nitriles is 1. The summed E-state index contributed by atoms with van der Waals surface area (Å²) in [6.45, 7) is 1.20. The maximum atomic E-state index is 13.0. The smallest absolute Gasteiger partial charge is 0.319 e. The van der Waals surface area contributed by atoms with Gasteiger partial charge in [0.1, 0.15) is 0 Å². The van der Waals surface area contributed by atoms with Crippen molar-refractivity contribution in [1.82, 2.24) is 9.62 Å². The second kappa shape index (κ2) is 8.36. The minimum Gasteiger partial charge on any atom is -0.319 e. The first kappa shape index (κ1) is 21.7. The van der Waals surface area contributed by atoms with Gasteiger partial charge in [0.05, 0.1) is 22.1 Å². The number of hydrogen-bond donors (Lipinski definition) is 1. The fraction of sp³-hybridized carbons (Fsp3) is 0.533. The van der Waals surface area contributed by atoms with Crippen molar-refractivity contribution in [3.8, 4) is 6.07 Å². The third-order valence-electron chi connectivity index (χ3n) is 4.03. The molecule has 1 aromatic rings. The molecule has 1 aliphatic heterocycles.